The van der Waals surface area contributed by atoms with Crippen LogP contribution in [0.5, 0.6) is 11.6 Å². The zero-order valence-electron chi connectivity index (χ0n) is 8.12. The van der Waals surface area contributed by atoms with Gasteiger partial charge in [-0.3, -0.25) is 0 Å². The van der Waals surface area contributed by atoms with Crippen LogP contribution in [0.1, 0.15) is 5.56 Å². The first-order valence-corrected chi connectivity index (χ1v) is 6.22. The zero-order chi connectivity index (χ0) is 13.4. The summed E-state index contributed by atoms with van der Waals surface area (Å²) in [4.78, 5) is 3.02. The Bertz CT molecular complexity index is 543. The molecule has 0 aromatic carbocycles. The Morgan fingerprint density at radius 2 is 2.00 bits per heavy atom. The number of aromatic hydroxyl groups is 1. The minimum Gasteiger partial charge on any atom is -0.505 e. The van der Waals surface area contributed by atoms with Gasteiger partial charge >= 0.3 is 6.36 Å². The average Bonchev–Trinajstić information content (AvgIpc) is 2.05. The van der Waals surface area contributed by atoms with E-state index in [-0.39, 0.29) is 5.56 Å². The molecule has 5 nitrogen and oxygen atoms in total. The average molecular weight is 292 g/mol. The molecule has 0 aliphatic rings. The molecule has 1 rings (SSSR count). The van der Waals surface area contributed by atoms with Gasteiger partial charge in [0.25, 0.3) is 9.05 Å². The Labute approximate surface area is 98.2 Å². The van der Waals surface area contributed by atoms with Crippen LogP contribution < -0.4 is 4.74 Å². The van der Waals surface area contributed by atoms with Gasteiger partial charge in [0.15, 0.2) is 5.75 Å². The normalized spacial score (nSPS) is 12.5. The van der Waals surface area contributed by atoms with Crippen LogP contribution in [0, 0.1) is 6.92 Å². The van der Waals surface area contributed by atoms with Crippen molar-refractivity contribution in [2.24, 2.45) is 0 Å². The van der Waals surface area contributed by atoms with Crippen LogP contribution in [0.3, 0.4) is 0 Å². The molecule has 10 heteroatoms. The summed E-state index contributed by atoms with van der Waals surface area (Å²) < 4.78 is 61.1. The number of nitrogens with zero attached hydrogens (tertiary/aromatic N) is 1. The van der Waals surface area contributed by atoms with Crippen LogP contribution in [0.15, 0.2) is 11.1 Å². The second kappa shape index (κ2) is 4.22. The number of ether oxygens (including phenoxy) is 1. The van der Waals surface area contributed by atoms with Gasteiger partial charge in [0.2, 0.25) is 10.9 Å². The molecule has 96 valence electrons. The van der Waals surface area contributed by atoms with Crippen molar-refractivity contribution in [3.05, 3.63) is 11.6 Å². The lowest BCUT2D eigenvalue weighted by Crippen LogP contribution is -2.19. The predicted octanol–water partition coefficient (Wildman–Crippen LogP) is 1.92. The third-order valence-electron chi connectivity index (χ3n) is 1.56. The van der Waals surface area contributed by atoms with Gasteiger partial charge in [0.05, 0.1) is 0 Å². The van der Waals surface area contributed by atoms with Crippen LogP contribution >= 0.6 is 10.7 Å². The minimum absolute atomic E-state index is 0.191. The second-order valence-electron chi connectivity index (χ2n) is 2.92. The summed E-state index contributed by atoms with van der Waals surface area (Å²) in [6.45, 7) is 1.15. The maximum Gasteiger partial charge on any atom is 0.574 e. The third-order valence-corrected chi connectivity index (χ3v) is 2.76. The molecule has 0 bridgehead atoms. The number of halogens is 4. The molecular formula is C7H5ClF3NO4S. The van der Waals surface area contributed by atoms with Crippen molar-refractivity contribution in [2.75, 3.05) is 0 Å². The lowest BCUT2D eigenvalue weighted by atomic mass is 10.3. The van der Waals surface area contributed by atoms with E-state index in [1.807, 2.05) is 0 Å². The Kier molecular flexibility index (Phi) is 3.44. The summed E-state index contributed by atoms with van der Waals surface area (Å²) >= 11 is 0. The summed E-state index contributed by atoms with van der Waals surface area (Å²) in [5.41, 5.74) is -0.191. The Hall–Kier alpha value is -1.22. The maximum atomic E-state index is 11.9. The zero-order valence-corrected chi connectivity index (χ0v) is 9.69. The molecule has 0 amide bonds. The number of rotatable bonds is 2. The van der Waals surface area contributed by atoms with E-state index in [9.17, 15) is 26.7 Å². The number of hydrogen-bond donors (Lipinski definition) is 1. The van der Waals surface area contributed by atoms with Crippen LogP contribution in [0.25, 0.3) is 0 Å². The van der Waals surface area contributed by atoms with Crippen LogP contribution in [-0.4, -0.2) is 24.9 Å². The quantitative estimate of drug-likeness (QED) is 0.843. The van der Waals surface area contributed by atoms with E-state index in [4.69, 9.17) is 10.7 Å². The van der Waals surface area contributed by atoms with Crippen LogP contribution in [-0.2, 0) is 9.05 Å². The Morgan fingerprint density at radius 3 is 2.41 bits per heavy atom. The number of aryl methyl sites for hydroxylation is 1. The Balaban J connectivity index is 3.35. The van der Waals surface area contributed by atoms with E-state index in [1.165, 1.54) is 0 Å². The maximum absolute atomic E-state index is 11.9. The molecule has 0 atom stereocenters. The van der Waals surface area contributed by atoms with Crippen molar-refractivity contribution >= 4 is 19.7 Å². The summed E-state index contributed by atoms with van der Waals surface area (Å²) in [7, 11) is 0.408. The lowest BCUT2D eigenvalue weighted by Gasteiger charge is -2.11. The van der Waals surface area contributed by atoms with Crippen molar-refractivity contribution in [3.63, 3.8) is 0 Å². The fourth-order valence-corrected chi connectivity index (χ4v) is 1.80. The number of pyridine rings is 1. The van der Waals surface area contributed by atoms with E-state index in [0.29, 0.717) is 0 Å². The molecule has 0 radical (unpaired) electrons. The third kappa shape index (κ3) is 3.63. The highest BCUT2D eigenvalue weighted by atomic mass is 35.7. The first kappa shape index (κ1) is 13.8. The number of hydrogen-bond acceptors (Lipinski definition) is 5. The van der Waals surface area contributed by atoms with E-state index in [2.05, 4.69) is 9.72 Å². The van der Waals surface area contributed by atoms with Crippen LogP contribution in [0.2, 0.25) is 0 Å². The van der Waals surface area contributed by atoms with Gasteiger partial charge in [-0.2, -0.15) is 4.98 Å². The van der Waals surface area contributed by atoms with Crippen LogP contribution in [0.4, 0.5) is 13.2 Å². The fourth-order valence-electron chi connectivity index (χ4n) is 0.959. The number of aromatic nitrogens is 1. The molecule has 0 unspecified atom stereocenters. The standard InChI is InChI=1S/C7H5ClF3NO4S/c1-3-2-4(13)6(17(8,14)15)12-5(3)16-7(9,10)11/h2,13H,1H3. The topological polar surface area (TPSA) is 76.5 Å². The van der Waals surface area contributed by atoms with Gasteiger partial charge in [-0.15, -0.1) is 13.2 Å². The molecule has 17 heavy (non-hydrogen) atoms. The lowest BCUT2D eigenvalue weighted by molar-refractivity contribution is -0.276. The second-order valence-corrected chi connectivity index (χ2v) is 5.40. The highest BCUT2D eigenvalue weighted by molar-refractivity contribution is 8.13. The highest BCUT2D eigenvalue weighted by Gasteiger charge is 2.33. The van der Waals surface area contributed by atoms with Gasteiger partial charge in [0, 0.05) is 16.2 Å². The molecule has 0 spiro atoms. The van der Waals surface area contributed by atoms with E-state index >= 15 is 0 Å². The smallest absolute Gasteiger partial charge is 0.505 e. The molecule has 0 fully saturated rings. The molecule has 0 aliphatic carbocycles. The van der Waals surface area contributed by atoms with Crippen molar-refractivity contribution in [1.29, 1.82) is 0 Å². The first-order valence-electron chi connectivity index (χ1n) is 3.92. The molecule has 1 N–H and O–H groups in total. The van der Waals surface area contributed by atoms with Gasteiger partial charge in [-0.05, 0) is 13.0 Å². The van der Waals surface area contributed by atoms with E-state index < -0.39 is 32.1 Å². The van der Waals surface area contributed by atoms with Gasteiger partial charge in [-0.25, -0.2) is 8.42 Å². The summed E-state index contributed by atoms with van der Waals surface area (Å²) in [6.07, 6.45) is -5.03. The van der Waals surface area contributed by atoms with Gasteiger partial charge < -0.3 is 9.84 Å². The molecule has 0 aliphatic heterocycles. The van der Waals surface area contributed by atoms with Crippen molar-refractivity contribution in [2.45, 2.75) is 18.3 Å². The molecule has 0 saturated heterocycles. The summed E-state index contributed by atoms with van der Waals surface area (Å²) in [5.74, 6) is -1.85. The van der Waals surface area contributed by atoms with Crippen molar-refractivity contribution < 1.29 is 31.4 Å². The molecule has 0 saturated carbocycles. The van der Waals surface area contributed by atoms with E-state index in [1.54, 1.807) is 0 Å². The number of alkyl halides is 3. The van der Waals surface area contributed by atoms with Crippen molar-refractivity contribution in [3.8, 4) is 11.6 Å². The predicted molar refractivity (Wildman–Crippen MR) is 50.4 cm³/mol. The summed E-state index contributed by atoms with van der Waals surface area (Å²) in [5, 5.41) is 8.09. The summed E-state index contributed by atoms with van der Waals surface area (Å²) in [6, 6.07) is 0.753. The van der Waals surface area contributed by atoms with Crippen molar-refractivity contribution in [1.82, 2.24) is 4.98 Å². The monoisotopic (exact) mass is 291 g/mol. The van der Waals surface area contributed by atoms with Gasteiger partial charge in [-0.1, -0.05) is 0 Å². The molecule has 1 aromatic heterocycles. The molecular weight excluding hydrogens is 287 g/mol. The molecule has 1 aromatic rings. The minimum atomic E-state index is -5.03. The first-order chi connectivity index (χ1) is 7.50. The fraction of sp³-hybridized carbons (Fsp3) is 0.286. The SMILES string of the molecule is Cc1cc(O)c(S(=O)(=O)Cl)nc1OC(F)(F)F. The largest absolute Gasteiger partial charge is 0.574 e. The van der Waals surface area contributed by atoms with Gasteiger partial charge in [0.1, 0.15) is 0 Å². The van der Waals surface area contributed by atoms with E-state index in [0.717, 1.165) is 13.0 Å². The Morgan fingerprint density at radius 1 is 1.47 bits per heavy atom. The molecule has 1 heterocycles. The highest BCUT2D eigenvalue weighted by Crippen LogP contribution is 2.31.